The lowest BCUT2D eigenvalue weighted by Gasteiger charge is -2.29. The third-order valence-corrected chi connectivity index (χ3v) is 7.08. The first kappa shape index (κ1) is 25.2. The van der Waals surface area contributed by atoms with Crippen molar-refractivity contribution in [3.63, 3.8) is 0 Å². The van der Waals surface area contributed by atoms with E-state index in [4.69, 9.17) is 13.9 Å². The molecule has 2 amide bonds. The summed E-state index contributed by atoms with van der Waals surface area (Å²) >= 11 is 0. The van der Waals surface area contributed by atoms with E-state index in [1.54, 1.807) is 67.7 Å². The molecule has 9 heteroatoms. The number of carbonyl (C=O) groups is 2. The Hall–Kier alpha value is -5.05. The predicted octanol–water partition coefficient (Wildman–Crippen LogP) is 6.04. The highest BCUT2D eigenvalue weighted by atomic mass is 19.1. The quantitative estimate of drug-likeness (QED) is 0.275. The highest BCUT2D eigenvalue weighted by molar-refractivity contribution is 6.06. The molecule has 0 spiro atoms. The van der Waals surface area contributed by atoms with Crippen LogP contribution in [0.4, 0.5) is 10.1 Å². The number of nitrogens with zero attached hydrogens (tertiary/aromatic N) is 1. The van der Waals surface area contributed by atoms with Crippen molar-refractivity contribution in [1.29, 1.82) is 0 Å². The first-order chi connectivity index (χ1) is 19.4. The summed E-state index contributed by atoms with van der Waals surface area (Å²) in [6, 6.07) is 20.4. The average Bonchev–Trinajstić information content (AvgIpc) is 3.64. The second kappa shape index (κ2) is 10.3. The molecule has 6 rings (SSSR count). The third-order valence-electron chi connectivity index (χ3n) is 7.08. The van der Waals surface area contributed by atoms with Gasteiger partial charge in [0.05, 0.1) is 14.2 Å². The first-order valence-corrected chi connectivity index (χ1v) is 12.7. The van der Waals surface area contributed by atoms with Gasteiger partial charge in [-0.1, -0.05) is 0 Å². The lowest BCUT2D eigenvalue weighted by Crippen LogP contribution is -2.35. The predicted molar refractivity (Wildman–Crippen MR) is 148 cm³/mol. The molecule has 3 aromatic carbocycles. The van der Waals surface area contributed by atoms with Crippen LogP contribution in [-0.4, -0.2) is 42.5 Å². The number of ether oxygens (including phenoxy) is 2. The number of amides is 2. The maximum Gasteiger partial charge on any atom is 0.289 e. The van der Waals surface area contributed by atoms with Crippen LogP contribution in [0, 0.1) is 5.82 Å². The van der Waals surface area contributed by atoms with Gasteiger partial charge >= 0.3 is 0 Å². The number of fused-ring (bicyclic) bond motifs is 2. The van der Waals surface area contributed by atoms with Crippen LogP contribution in [0.1, 0.15) is 32.2 Å². The number of methoxy groups -OCH3 is 2. The zero-order chi connectivity index (χ0) is 27.8. The van der Waals surface area contributed by atoms with E-state index in [1.807, 2.05) is 12.1 Å². The van der Waals surface area contributed by atoms with Crippen LogP contribution >= 0.6 is 0 Å². The summed E-state index contributed by atoms with van der Waals surface area (Å²) in [7, 11) is 3.20. The SMILES string of the molecule is COc1cc2c(cc1OC)CN(C(=O)c1ccc(-c3ccc(NC(=O)c4cc5ccc(F)cc5[nH]4)cc3)o1)CC2. The zero-order valence-corrected chi connectivity index (χ0v) is 21.9. The minimum atomic E-state index is -0.373. The number of halogens is 1. The number of carbonyl (C=O) groups excluding carboxylic acids is 2. The second-order valence-electron chi connectivity index (χ2n) is 9.56. The Morgan fingerprint density at radius 1 is 0.925 bits per heavy atom. The smallest absolute Gasteiger partial charge is 0.289 e. The molecule has 0 aliphatic carbocycles. The van der Waals surface area contributed by atoms with Gasteiger partial charge in [0.25, 0.3) is 11.8 Å². The molecule has 2 aromatic heterocycles. The fourth-order valence-electron chi connectivity index (χ4n) is 4.96. The summed E-state index contributed by atoms with van der Waals surface area (Å²) in [4.78, 5) is 30.6. The summed E-state index contributed by atoms with van der Waals surface area (Å²) < 4.78 is 30.2. The maximum absolute atomic E-state index is 13.5. The lowest BCUT2D eigenvalue weighted by molar-refractivity contribution is 0.0703. The number of benzene rings is 3. The highest BCUT2D eigenvalue weighted by Crippen LogP contribution is 2.34. The summed E-state index contributed by atoms with van der Waals surface area (Å²) in [5, 5.41) is 3.58. The van der Waals surface area contributed by atoms with Crippen LogP contribution in [0.25, 0.3) is 22.2 Å². The van der Waals surface area contributed by atoms with Gasteiger partial charge in [0, 0.05) is 35.2 Å². The van der Waals surface area contributed by atoms with E-state index >= 15 is 0 Å². The molecule has 40 heavy (non-hydrogen) atoms. The Balaban J connectivity index is 1.12. The molecule has 0 unspecified atom stereocenters. The molecule has 1 aliphatic heterocycles. The normalized spacial score (nSPS) is 12.7. The van der Waals surface area contributed by atoms with Gasteiger partial charge in [0.15, 0.2) is 17.3 Å². The van der Waals surface area contributed by atoms with Gasteiger partial charge in [0.2, 0.25) is 0 Å². The molecule has 0 radical (unpaired) electrons. The van der Waals surface area contributed by atoms with Gasteiger partial charge in [-0.25, -0.2) is 4.39 Å². The second-order valence-corrected chi connectivity index (χ2v) is 9.56. The van der Waals surface area contributed by atoms with Crippen molar-refractivity contribution < 1.29 is 27.9 Å². The average molecular weight is 540 g/mol. The van der Waals surface area contributed by atoms with Crippen molar-refractivity contribution >= 4 is 28.4 Å². The van der Waals surface area contributed by atoms with E-state index in [-0.39, 0.29) is 23.4 Å². The van der Waals surface area contributed by atoms with Crippen LogP contribution in [0.2, 0.25) is 0 Å². The molecular weight excluding hydrogens is 513 g/mol. The number of hydrogen-bond acceptors (Lipinski definition) is 5. The van der Waals surface area contributed by atoms with E-state index < -0.39 is 0 Å². The van der Waals surface area contributed by atoms with Crippen LogP contribution in [-0.2, 0) is 13.0 Å². The summed E-state index contributed by atoms with van der Waals surface area (Å²) in [5.41, 5.74) is 4.38. The minimum Gasteiger partial charge on any atom is -0.493 e. The number of aromatic nitrogens is 1. The molecule has 8 nitrogen and oxygen atoms in total. The largest absolute Gasteiger partial charge is 0.493 e. The molecule has 0 atom stereocenters. The Morgan fingerprint density at radius 3 is 2.42 bits per heavy atom. The van der Waals surface area contributed by atoms with Crippen molar-refractivity contribution in [2.45, 2.75) is 13.0 Å². The van der Waals surface area contributed by atoms with Crippen LogP contribution in [0.15, 0.2) is 77.2 Å². The van der Waals surface area contributed by atoms with Crippen molar-refractivity contribution in [2.24, 2.45) is 0 Å². The van der Waals surface area contributed by atoms with Crippen molar-refractivity contribution in [3.05, 3.63) is 101 Å². The zero-order valence-electron chi connectivity index (χ0n) is 21.9. The van der Waals surface area contributed by atoms with E-state index in [0.717, 1.165) is 22.1 Å². The molecule has 0 bridgehead atoms. The molecule has 0 saturated heterocycles. The van der Waals surface area contributed by atoms with Crippen LogP contribution in [0.5, 0.6) is 11.5 Å². The van der Waals surface area contributed by atoms with Gasteiger partial charge in [0.1, 0.15) is 17.3 Å². The monoisotopic (exact) mass is 539 g/mol. The topological polar surface area (TPSA) is 96.8 Å². The van der Waals surface area contributed by atoms with Crippen LogP contribution < -0.4 is 14.8 Å². The number of rotatable bonds is 6. The van der Waals surface area contributed by atoms with E-state index in [0.29, 0.717) is 53.7 Å². The summed E-state index contributed by atoms with van der Waals surface area (Å²) in [5.74, 6) is 1.21. The van der Waals surface area contributed by atoms with Crippen molar-refractivity contribution in [2.75, 3.05) is 26.1 Å². The Morgan fingerprint density at radius 2 is 1.68 bits per heavy atom. The molecule has 1 aliphatic rings. The number of furan rings is 1. The third kappa shape index (κ3) is 4.77. The minimum absolute atomic E-state index is 0.186. The van der Waals surface area contributed by atoms with Gasteiger partial charge < -0.3 is 29.1 Å². The molecule has 5 aromatic rings. The van der Waals surface area contributed by atoms with E-state index in [1.165, 1.54) is 12.1 Å². The molecule has 2 N–H and O–H groups in total. The van der Waals surface area contributed by atoms with Gasteiger partial charge in [-0.05, 0) is 90.3 Å². The highest BCUT2D eigenvalue weighted by Gasteiger charge is 2.26. The number of nitrogens with one attached hydrogen (secondary N) is 2. The Kier molecular flexibility index (Phi) is 6.47. The number of hydrogen-bond donors (Lipinski definition) is 2. The molecule has 0 saturated carbocycles. The molecular formula is C31H26FN3O5. The fraction of sp³-hybridized carbons (Fsp3) is 0.161. The van der Waals surface area contributed by atoms with Gasteiger partial charge in [-0.3, -0.25) is 9.59 Å². The van der Waals surface area contributed by atoms with Crippen molar-refractivity contribution in [1.82, 2.24) is 9.88 Å². The molecule has 3 heterocycles. The molecule has 0 fully saturated rings. The Bertz CT molecular complexity index is 1740. The number of anilines is 1. The van der Waals surface area contributed by atoms with E-state index in [9.17, 15) is 14.0 Å². The van der Waals surface area contributed by atoms with E-state index in [2.05, 4.69) is 10.3 Å². The van der Waals surface area contributed by atoms with Crippen LogP contribution in [0.3, 0.4) is 0 Å². The Labute approximate surface area is 229 Å². The number of H-pyrrole nitrogens is 1. The van der Waals surface area contributed by atoms with Crippen molar-refractivity contribution in [3.8, 4) is 22.8 Å². The van der Waals surface area contributed by atoms with Gasteiger partial charge in [-0.15, -0.1) is 0 Å². The number of aromatic amines is 1. The summed E-state index contributed by atoms with van der Waals surface area (Å²) in [6.07, 6.45) is 0.706. The fourth-order valence-corrected chi connectivity index (χ4v) is 4.96. The van der Waals surface area contributed by atoms with Gasteiger partial charge in [-0.2, -0.15) is 0 Å². The first-order valence-electron chi connectivity index (χ1n) is 12.7. The standard InChI is InChI=1S/C31H26FN3O5/c1-38-28-14-19-11-12-35(17-21(19)15-29(28)39-2)31(37)27-10-9-26(40-27)18-4-7-23(8-5-18)33-30(36)25-13-20-3-6-22(32)16-24(20)34-25/h3-10,13-16,34H,11-12,17H2,1-2H3,(H,33,36). The molecule has 202 valence electrons. The maximum atomic E-state index is 13.5. The summed E-state index contributed by atoms with van der Waals surface area (Å²) in [6.45, 7) is 1.02. The lowest BCUT2D eigenvalue weighted by atomic mass is 9.98.